The van der Waals surface area contributed by atoms with E-state index >= 15 is 0 Å². The van der Waals surface area contributed by atoms with Gasteiger partial charge in [0.2, 0.25) is 10.0 Å². The van der Waals surface area contributed by atoms with Crippen LogP contribution in [-0.4, -0.2) is 55.8 Å². The van der Waals surface area contributed by atoms with Crippen LogP contribution in [0.1, 0.15) is 37.3 Å². The smallest absolute Gasteiger partial charge is 0.307 e. The van der Waals surface area contributed by atoms with Gasteiger partial charge in [-0.2, -0.15) is 4.31 Å². The molecule has 1 atom stereocenters. The molecule has 0 N–H and O–H groups in total. The monoisotopic (exact) mass is 444 g/mol. The summed E-state index contributed by atoms with van der Waals surface area (Å²) >= 11 is 0. The maximum Gasteiger partial charge on any atom is 0.307 e. The van der Waals surface area contributed by atoms with Gasteiger partial charge in [0.1, 0.15) is 6.61 Å². The van der Waals surface area contributed by atoms with Crippen LogP contribution in [0.25, 0.3) is 0 Å². The van der Waals surface area contributed by atoms with Crippen LogP contribution in [0.15, 0.2) is 59.5 Å². The lowest BCUT2D eigenvalue weighted by molar-refractivity contribution is -0.146. The highest BCUT2D eigenvalue weighted by Crippen LogP contribution is 2.22. The van der Waals surface area contributed by atoms with Crippen molar-refractivity contribution in [2.24, 2.45) is 0 Å². The number of nitrogens with zero attached hydrogens (tertiary/aromatic N) is 2. The Balaban J connectivity index is 1.68. The first-order valence-corrected chi connectivity index (χ1v) is 12.3. The van der Waals surface area contributed by atoms with Crippen molar-refractivity contribution in [2.45, 2.75) is 50.7 Å². The van der Waals surface area contributed by atoms with E-state index < -0.39 is 10.0 Å². The van der Waals surface area contributed by atoms with Crippen LogP contribution in [-0.2, 0) is 26.2 Å². The van der Waals surface area contributed by atoms with E-state index in [2.05, 4.69) is 11.8 Å². The second kappa shape index (κ2) is 10.9. The van der Waals surface area contributed by atoms with Crippen molar-refractivity contribution >= 4 is 16.0 Å². The summed E-state index contributed by atoms with van der Waals surface area (Å²) in [4.78, 5) is 15.1. The van der Waals surface area contributed by atoms with Crippen LogP contribution in [0.5, 0.6) is 0 Å². The first-order valence-electron chi connectivity index (χ1n) is 10.9. The largest absolute Gasteiger partial charge is 0.461 e. The van der Waals surface area contributed by atoms with Crippen molar-refractivity contribution in [3.8, 4) is 0 Å². The lowest BCUT2D eigenvalue weighted by Gasteiger charge is -2.40. The van der Waals surface area contributed by atoms with Gasteiger partial charge >= 0.3 is 5.97 Å². The lowest BCUT2D eigenvalue weighted by Crippen LogP contribution is -2.55. The molecule has 0 spiro atoms. The molecule has 0 radical (unpaired) electrons. The fourth-order valence-corrected chi connectivity index (χ4v) is 5.25. The Morgan fingerprint density at radius 2 is 1.77 bits per heavy atom. The van der Waals surface area contributed by atoms with Gasteiger partial charge in [0.25, 0.3) is 0 Å². The standard InChI is InChI=1S/C24H32N2O4S/c1-3-4-14-25-15-16-26(31(28,29)23-12-10-20(2)11-13-23)18-22(25)17-24(27)30-19-21-8-6-5-7-9-21/h5-13,22H,3-4,14-19H2,1-2H3. The average Bonchev–Trinajstić information content (AvgIpc) is 2.78. The summed E-state index contributed by atoms with van der Waals surface area (Å²) in [6.45, 7) is 6.47. The minimum atomic E-state index is -3.59. The van der Waals surface area contributed by atoms with Crippen LogP contribution >= 0.6 is 0 Å². The number of rotatable bonds is 9. The van der Waals surface area contributed by atoms with Gasteiger partial charge in [0.15, 0.2) is 0 Å². The number of hydrogen-bond donors (Lipinski definition) is 0. The molecule has 31 heavy (non-hydrogen) atoms. The molecule has 1 unspecified atom stereocenters. The third-order valence-corrected chi connectivity index (χ3v) is 7.55. The molecule has 0 bridgehead atoms. The maximum absolute atomic E-state index is 13.2. The molecule has 1 heterocycles. The third kappa shape index (κ3) is 6.38. The molecule has 0 saturated carbocycles. The number of esters is 1. The van der Waals surface area contributed by atoms with Gasteiger partial charge in [-0.15, -0.1) is 0 Å². The number of aryl methyl sites for hydroxylation is 1. The number of carbonyl (C=O) groups excluding carboxylic acids is 1. The van der Waals surface area contributed by atoms with E-state index in [0.717, 1.165) is 30.5 Å². The molecule has 2 aromatic carbocycles. The van der Waals surface area contributed by atoms with E-state index in [-0.39, 0.29) is 25.0 Å². The summed E-state index contributed by atoms with van der Waals surface area (Å²) < 4.78 is 33.3. The van der Waals surface area contributed by atoms with Crippen LogP contribution in [0.4, 0.5) is 0 Å². The van der Waals surface area contributed by atoms with E-state index in [4.69, 9.17) is 4.74 Å². The van der Waals surface area contributed by atoms with Crippen LogP contribution in [0.2, 0.25) is 0 Å². The van der Waals surface area contributed by atoms with Crippen molar-refractivity contribution in [2.75, 3.05) is 26.2 Å². The zero-order valence-electron chi connectivity index (χ0n) is 18.4. The molecule has 0 aromatic heterocycles. The lowest BCUT2D eigenvalue weighted by atomic mass is 10.1. The SMILES string of the molecule is CCCCN1CCN(S(=O)(=O)c2ccc(C)cc2)CC1CC(=O)OCc1ccccc1. The van der Waals surface area contributed by atoms with Crippen molar-refractivity contribution in [3.05, 3.63) is 65.7 Å². The van der Waals surface area contributed by atoms with Crippen molar-refractivity contribution in [1.82, 2.24) is 9.21 Å². The predicted molar refractivity (Wildman–Crippen MR) is 121 cm³/mol. The third-order valence-electron chi connectivity index (χ3n) is 5.67. The summed E-state index contributed by atoms with van der Waals surface area (Å²) in [6, 6.07) is 16.3. The molecular weight excluding hydrogens is 412 g/mol. The summed E-state index contributed by atoms with van der Waals surface area (Å²) in [7, 11) is -3.59. The second-order valence-corrected chi connectivity index (χ2v) is 10.0. The van der Waals surface area contributed by atoms with Crippen LogP contribution < -0.4 is 0 Å². The summed E-state index contributed by atoms with van der Waals surface area (Å²) in [5.74, 6) is -0.301. The quantitative estimate of drug-likeness (QED) is 0.553. The number of carbonyl (C=O) groups is 1. The molecule has 0 amide bonds. The van der Waals surface area contributed by atoms with Crippen LogP contribution in [0.3, 0.4) is 0 Å². The van der Waals surface area contributed by atoms with Gasteiger partial charge in [-0.05, 0) is 37.6 Å². The molecule has 1 aliphatic rings. The molecule has 7 heteroatoms. The molecule has 6 nitrogen and oxygen atoms in total. The second-order valence-electron chi connectivity index (χ2n) is 8.07. The maximum atomic E-state index is 13.2. The molecule has 1 saturated heterocycles. The average molecular weight is 445 g/mol. The van der Waals surface area contributed by atoms with Gasteiger partial charge in [-0.25, -0.2) is 8.42 Å². The van der Waals surface area contributed by atoms with E-state index in [1.54, 1.807) is 12.1 Å². The molecule has 2 aromatic rings. The fourth-order valence-electron chi connectivity index (χ4n) is 3.78. The van der Waals surface area contributed by atoms with Crippen molar-refractivity contribution in [3.63, 3.8) is 0 Å². The number of hydrogen-bond acceptors (Lipinski definition) is 5. The molecule has 3 rings (SSSR count). The number of piperazine rings is 1. The molecule has 168 valence electrons. The molecule has 0 aliphatic carbocycles. The van der Waals surface area contributed by atoms with Gasteiger partial charge < -0.3 is 4.74 Å². The minimum absolute atomic E-state index is 0.177. The predicted octanol–water partition coefficient (Wildman–Crippen LogP) is 3.60. The molecule has 1 fully saturated rings. The van der Waals surface area contributed by atoms with E-state index in [0.29, 0.717) is 24.5 Å². The van der Waals surface area contributed by atoms with Gasteiger partial charge in [0, 0.05) is 25.7 Å². The van der Waals surface area contributed by atoms with Gasteiger partial charge in [-0.1, -0.05) is 61.4 Å². The Hall–Kier alpha value is -2.22. The Morgan fingerprint density at radius 1 is 1.06 bits per heavy atom. The normalized spacial score (nSPS) is 18.1. The number of unbranched alkanes of at least 4 members (excludes halogenated alkanes) is 1. The van der Waals surface area contributed by atoms with Crippen molar-refractivity contribution in [1.29, 1.82) is 0 Å². The number of benzene rings is 2. The zero-order valence-corrected chi connectivity index (χ0v) is 19.2. The highest BCUT2D eigenvalue weighted by atomic mass is 32.2. The highest BCUT2D eigenvalue weighted by Gasteiger charge is 2.35. The summed E-state index contributed by atoms with van der Waals surface area (Å²) in [6.07, 6.45) is 2.24. The van der Waals surface area contributed by atoms with E-state index in [1.165, 1.54) is 4.31 Å². The Labute approximate surface area is 185 Å². The Morgan fingerprint density at radius 3 is 2.45 bits per heavy atom. The summed E-state index contributed by atoms with van der Waals surface area (Å²) in [5, 5.41) is 0. The van der Waals surface area contributed by atoms with Gasteiger partial charge in [0.05, 0.1) is 11.3 Å². The van der Waals surface area contributed by atoms with E-state index in [1.807, 2.05) is 49.4 Å². The molecular formula is C24H32N2O4S. The van der Waals surface area contributed by atoms with E-state index in [9.17, 15) is 13.2 Å². The number of ether oxygens (including phenoxy) is 1. The minimum Gasteiger partial charge on any atom is -0.461 e. The highest BCUT2D eigenvalue weighted by molar-refractivity contribution is 7.89. The van der Waals surface area contributed by atoms with Crippen LogP contribution in [0, 0.1) is 6.92 Å². The van der Waals surface area contributed by atoms with Gasteiger partial charge in [-0.3, -0.25) is 9.69 Å². The van der Waals surface area contributed by atoms with Crippen molar-refractivity contribution < 1.29 is 17.9 Å². The summed E-state index contributed by atoms with van der Waals surface area (Å²) in [5.41, 5.74) is 1.95. The Kier molecular flexibility index (Phi) is 8.23. The number of sulfonamides is 1. The Bertz CT molecular complexity index is 945. The zero-order chi connectivity index (χ0) is 22.3. The first-order chi connectivity index (χ1) is 14.9. The first kappa shape index (κ1) is 23.4. The molecule has 1 aliphatic heterocycles. The fraction of sp³-hybridized carbons (Fsp3) is 0.458. The topological polar surface area (TPSA) is 66.9 Å².